The molecule has 41 heavy (non-hydrogen) atoms. The zero-order valence-electron chi connectivity index (χ0n) is 23.0. The summed E-state index contributed by atoms with van der Waals surface area (Å²) < 4.78 is 0. The van der Waals surface area contributed by atoms with Gasteiger partial charge in [0.05, 0.1) is 0 Å². The Morgan fingerprint density at radius 1 is 0.829 bits per heavy atom. The van der Waals surface area contributed by atoms with Crippen LogP contribution < -0.4 is 0 Å². The van der Waals surface area contributed by atoms with Crippen molar-refractivity contribution in [3.63, 3.8) is 0 Å². The van der Waals surface area contributed by atoms with Gasteiger partial charge in [-0.3, -0.25) is 9.59 Å². The number of benzene rings is 4. The van der Waals surface area contributed by atoms with Crippen LogP contribution in [0.15, 0.2) is 138 Å². The van der Waals surface area contributed by atoms with E-state index in [0.29, 0.717) is 12.8 Å². The maximum atomic E-state index is 12.3. The first-order valence-corrected chi connectivity index (χ1v) is 15.0. The second-order valence-electron chi connectivity index (χ2n) is 10.2. The van der Waals surface area contributed by atoms with Crippen molar-refractivity contribution in [1.82, 2.24) is 0 Å². The van der Waals surface area contributed by atoms with Crippen LogP contribution in [0.25, 0.3) is 16.7 Å². The first kappa shape index (κ1) is 28.7. The first-order chi connectivity index (χ1) is 19.9. The number of carbonyl (C=O) groups is 2. The van der Waals surface area contributed by atoms with E-state index in [1.165, 1.54) is 11.1 Å². The number of allylic oxidation sites excluding steroid dienone is 5. The average Bonchev–Trinajstić information content (AvgIpc) is 3.00. The Labute approximate surface area is 252 Å². The molecule has 0 fully saturated rings. The minimum absolute atomic E-state index is 0.0473. The van der Waals surface area contributed by atoms with Crippen LogP contribution in [-0.2, 0) is 0 Å². The Morgan fingerprint density at radius 2 is 1.51 bits per heavy atom. The van der Waals surface area contributed by atoms with E-state index in [1.807, 2.05) is 72.8 Å². The van der Waals surface area contributed by atoms with Gasteiger partial charge in [0, 0.05) is 40.0 Å². The molecule has 2 aliphatic rings. The van der Waals surface area contributed by atoms with Crippen LogP contribution in [0.5, 0.6) is 0 Å². The minimum atomic E-state index is 0.0473. The molecule has 0 N–H and O–H groups in total. The molecule has 0 spiro atoms. The number of thioether (sulfide) groups is 1. The molecular weight excluding hydrogens is 541 g/mol. The summed E-state index contributed by atoms with van der Waals surface area (Å²) in [6.07, 6.45) is 6.87. The van der Waals surface area contributed by atoms with Crippen molar-refractivity contribution in [2.45, 2.75) is 35.8 Å². The zero-order valence-corrected chi connectivity index (χ0v) is 24.7. The molecule has 6 rings (SSSR count). The lowest BCUT2D eigenvalue weighted by Gasteiger charge is -2.28. The predicted molar refractivity (Wildman–Crippen MR) is 176 cm³/mol. The second-order valence-corrected chi connectivity index (χ2v) is 12.0. The number of ketones is 2. The Morgan fingerprint density at radius 3 is 2.24 bits per heavy atom. The molecule has 0 radical (unpaired) electrons. The van der Waals surface area contributed by atoms with Crippen LogP contribution in [0.2, 0.25) is 0 Å². The maximum Gasteiger partial charge on any atom is 0.168 e. The molecule has 1 heterocycles. The largest absolute Gasteiger partial charge is 0.294 e. The Kier molecular flexibility index (Phi) is 9.23. The van der Waals surface area contributed by atoms with Crippen molar-refractivity contribution >= 4 is 41.5 Å². The number of fused-ring (bicyclic) bond motifs is 2. The fourth-order valence-electron chi connectivity index (χ4n) is 5.25. The van der Waals surface area contributed by atoms with Gasteiger partial charge in [0.2, 0.25) is 0 Å². The highest BCUT2D eigenvalue weighted by molar-refractivity contribution is 8.03. The van der Waals surface area contributed by atoms with Crippen molar-refractivity contribution in [2.75, 3.05) is 0 Å². The van der Waals surface area contributed by atoms with Gasteiger partial charge in [-0.1, -0.05) is 128 Å². The molecule has 2 atom stereocenters. The molecule has 2 nitrogen and oxygen atoms in total. The number of carbonyl (C=O) groups excluding carboxylic acids is 2. The van der Waals surface area contributed by atoms with Gasteiger partial charge in [0.25, 0.3) is 0 Å². The number of thiol groups is 1. The minimum Gasteiger partial charge on any atom is -0.294 e. The van der Waals surface area contributed by atoms with Crippen LogP contribution in [0.1, 0.15) is 57.5 Å². The van der Waals surface area contributed by atoms with E-state index >= 15 is 0 Å². The quantitative estimate of drug-likeness (QED) is 0.247. The van der Waals surface area contributed by atoms with E-state index < -0.39 is 0 Å². The van der Waals surface area contributed by atoms with Gasteiger partial charge in [0.1, 0.15) is 0 Å². The normalized spacial score (nSPS) is 19.1. The van der Waals surface area contributed by atoms with Gasteiger partial charge in [0.15, 0.2) is 11.6 Å². The SMILES string of the molecule is C/C(=C\C1c2ccccc2C(=O)CC1S)c1ccccc1.C=C/C=C1\CC(=O)c2cc(-c3ccccc3)ccc2S1. The van der Waals surface area contributed by atoms with Gasteiger partial charge < -0.3 is 0 Å². The summed E-state index contributed by atoms with van der Waals surface area (Å²) in [5.74, 6) is 0.569. The van der Waals surface area contributed by atoms with Gasteiger partial charge in [-0.05, 0) is 51.8 Å². The molecule has 4 heteroatoms. The van der Waals surface area contributed by atoms with Crippen molar-refractivity contribution in [2.24, 2.45) is 0 Å². The van der Waals surface area contributed by atoms with Crippen LogP contribution in [0.3, 0.4) is 0 Å². The number of Topliss-reactive ketones (excluding diaryl/α,β-unsaturated/α-hetero) is 2. The summed E-state index contributed by atoms with van der Waals surface area (Å²) in [6.45, 7) is 5.81. The number of hydrogen-bond acceptors (Lipinski definition) is 4. The lowest BCUT2D eigenvalue weighted by molar-refractivity contribution is 0.0969. The second kappa shape index (κ2) is 13.2. The summed E-state index contributed by atoms with van der Waals surface area (Å²) in [7, 11) is 0. The fraction of sp³-hybridized carbons (Fsp3) is 0.135. The van der Waals surface area contributed by atoms with E-state index in [2.05, 4.69) is 68.6 Å². The Bertz CT molecular complexity index is 1630. The third kappa shape index (κ3) is 6.73. The van der Waals surface area contributed by atoms with E-state index in [1.54, 1.807) is 17.8 Å². The Hall–Kier alpha value is -3.86. The molecular formula is C37H32O2S2. The molecule has 4 aromatic carbocycles. The van der Waals surface area contributed by atoms with Gasteiger partial charge in [-0.15, -0.1) is 0 Å². The van der Waals surface area contributed by atoms with Crippen LogP contribution in [0, 0.1) is 0 Å². The molecule has 0 amide bonds. The van der Waals surface area contributed by atoms with Crippen LogP contribution >= 0.6 is 24.4 Å². The molecule has 0 saturated carbocycles. The highest BCUT2D eigenvalue weighted by Crippen LogP contribution is 2.40. The molecule has 0 aromatic heterocycles. The third-order valence-corrected chi connectivity index (χ3v) is 8.98. The van der Waals surface area contributed by atoms with Crippen LogP contribution in [-0.4, -0.2) is 16.8 Å². The van der Waals surface area contributed by atoms with Crippen LogP contribution in [0.4, 0.5) is 0 Å². The molecule has 2 unspecified atom stereocenters. The number of rotatable bonds is 4. The maximum absolute atomic E-state index is 12.3. The smallest absolute Gasteiger partial charge is 0.168 e. The molecule has 1 aliphatic carbocycles. The monoisotopic (exact) mass is 572 g/mol. The van der Waals surface area contributed by atoms with E-state index in [4.69, 9.17) is 0 Å². The van der Waals surface area contributed by atoms with E-state index in [0.717, 1.165) is 37.6 Å². The van der Waals surface area contributed by atoms with Crippen molar-refractivity contribution < 1.29 is 9.59 Å². The fourth-order valence-corrected chi connectivity index (χ4v) is 6.73. The summed E-state index contributed by atoms with van der Waals surface area (Å²) in [6, 6.07) is 34.5. The van der Waals surface area contributed by atoms with Crippen molar-refractivity contribution in [3.05, 3.63) is 155 Å². The van der Waals surface area contributed by atoms with E-state index in [9.17, 15) is 9.59 Å². The van der Waals surface area contributed by atoms with Crippen molar-refractivity contribution in [1.29, 1.82) is 0 Å². The summed E-state index contributed by atoms with van der Waals surface area (Å²) in [5.41, 5.74) is 7.46. The predicted octanol–water partition coefficient (Wildman–Crippen LogP) is 9.86. The average molecular weight is 573 g/mol. The van der Waals surface area contributed by atoms with Gasteiger partial charge >= 0.3 is 0 Å². The molecule has 1 aliphatic heterocycles. The van der Waals surface area contributed by atoms with Crippen molar-refractivity contribution in [3.8, 4) is 11.1 Å². The first-order valence-electron chi connectivity index (χ1n) is 13.7. The third-order valence-electron chi connectivity index (χ3n) is 7.35. The Balaban J connectivity index is 0.000000165. The molecule has 0 saturated heterocycles. The summed E-state index contributed by atoms with van der Waals surface area (Å²) >= 11 is 6.32. The zero-order chi connectivity index (χ0) is 28.8. The highest BCUT2D eigenvalue weighted by Gasteiger charge is 2.30. The molecule has 4 aromatic rings. The standard InChI is InChI=1S/C19H18OS.C18H14OS/c1-13(14-7-3-2-4-8-14)11-17-15-9-5-6-10-16(15)18(20)12-19(17)21;1-2-6-15-12-17(19)16-11-14(9-10-18(16)20-15)13-7-4-3-5-8-13/h2-11,17,19,21H,12H2,1H3;2-11H,1,12H2/b13-11+;15-6+. The lowest BCUT2D eigenvalue weighted by Crippen LogP contribution is -2.24. The topological polar surface area (TPSA) is 34.1 Å². The van der Waals surface area contributed by atoms with Gasteiger partial charge in [-0.2, -0.15) is 12.6 Å². The summed E-state index contributed by atoms with van der Waals surface area (Å²) in [4.78, 5) is 26.5. The number of hydrogen-bond donors (Lipinski definition) is 1. The highest BCUT2D eigenvalue weighted by atomic mass is 32.2. The van der Waals surface area contributed by atoms with Gasteiger partial charge in [-0.25, -0.2) is 0 Å². The molecule has 204 valence electrons. The summed E-state index contributed by atoms with van der Waals surface area (Å²) in [5, 5.41) is 0.0473. The lowest BCUT2D eigenvalue weighted by atomic mass is 9.80. The van der Waals surface area contributed by atoms with E-state index in [-0.39, 0.29) is 22.7 Å². The molecule has 0 bridgehead atoms.